The number of nitrogens with one attached hydrogen (secondary N) is 1. The van der Waals surface area contributed by atoms with Gasteiger partial charge in [0.2, 0.25) is 0 Å². The Hall–Kier alpha value is -2.34. The van der Waals surface area contributed by atoms with E-state index < -0.39 is 23.9 Å². The van der Waals surface area contributed by atoms with E-state index >= 15 is 0 Å². The predicted molar refractivity (Wildman–Crippen MR) is 104 cm³/mol. The van der Waals surface area contributed by atoms with Crippen LogP contribution in [0, 0.1) is 5.92 Å². The van der Waals surface area contributed by atoms with E-state index in [0.29, 0.717) is 0 Å². The normalized spacial score (nSPS) is 11.7. The number of ether oxygens (including phenoxy) is 2. The molecular formula is C20H22BrNO4. The van der Waals surface area contributed by atoms with Crippen LogP contribution in [-0.2, 0) is 19.1 Å². The molecule has 1 atom stereocenters. The van der Waals surface area contributed by atoms with Crippen molar-refractivity contribution in [3.63, 3.8) is 0 Å². The molecule has 6 heteroatoms. The van der Waals surface area contributed by atoms with Crippen molar-refractivity contribution in [3.05, 3.63) is 64.6 Å². The number of carbonyl (C=O) groups excluding carboxylic acids is 2. The molecule has 0 amide bonds. The third kappa shape index (κ3) is 5.33. The van der Waals surface area contributed by atoms with Crippen molar-refractivity contribution in [1.82, 2.24) is 0 Å². The lowest BCUT2D eigenvalue weighted by molar-refractivity contribution is -0.162. The van der Waals surface area contributed by atoms with Crippen LogP contribution in [0.2, 0.25) is 0 Å². The van der Waals surface area contributed by atoms with Crippen molar-refractivity contribution >= 4 is 33.6 Å². The van der Waals surface area contributed by atoms with E-state index in [1.165, 1.54) is 0 Å². The minimum atomic E-state index is -1.11. The molecule has 0 aromatic heterocycles. The first-order chi connectivity index (χ1) is 12.6. The molecule has 0 radical (unpaired) electrons. The summed E-state index contributed by atoms with van der Waals surface area (Å²) in [6.45, 7) is 3.79. The maximum absolute atomic E-state index is 12.5. The second-order valence-corrected chi connectivity index (χ2v) is 6.44. The van der Waals surface area contributed by atoms with Crippen molar-refractivity contribution < 1.29 is 19.1 Å². The molecule has 26 heavy (non-hydrogen) atoms. The average molecular weight is 420 g/mol. The fourth-order valence-corrected chi connectivity index (χ4v) is 2.84. The highest BCUT2D eigenvalue weighted by Crippen LogP contribution is 2.29. The average Bonchev–Trinajstić information content (AvgIpc) is 2.64. The monoisotopic (exact) mass is 419 g/mol. The van der Waals surface area contributed by atoms with Gasteiger partial charge in [0.05, 0.1) is 19.3 Å². The van der Waals surface area contributed by atoms with E-state index in [2.05, 4.69) is 21.2 Å². The van der Waals surface area contributed by atoms with Crippen molar-refractivity contribution in [2.24, 2.45) is 5.92 Å². The molecule has 1 N–H and O–H groups in total. The van der Waals surface area contributed by atoms with Gasteiger partial charge < -0.3 is 14.8 Å². The quantitative estimate of drug-likeness (QED) is 0.508. The number of halogens is 1. The lowest BCUT2D eigenvalue weighted by atomic mass is 9.92. The van der Waals surface area contributed by atoms with E-state index in [0.717, 1.165) is 15.7 Å². The van der Waals surface area contributed by atoms with Crippen LogP contribution in [-0.4, -0.2) is 25.2 Å². The fourth-order valence-electron chi connectivity index (χ4n) is 2.58. The molecule has 2 aromatic carbocycles. The second kappa shape index (κ2) is 9.97. The molecule has 0 spiro atoms. The summed E-state index contributed by atoms with van der Waals surface area (Å²) < 4.78 is 11.2. The van der Waals surface area contributed by atoms with E-state index in [1.54, 1.807) is 13.8 Å². The van der Waals surface area contributed by atoms with E-state index in [9.17, 15) is 9.59 Å². The molecule has 0 fully saturated rings. The summed E-state index contributed by atoms with van der Waals surface area (Å²) in [5, 5.41) is 3.28. The number of carbonyl (C=O) groups is 2. The molecule has 0 heterocycles. The summed E-state index contributed by atoms with van der Waals surface area (Å²) >= 11 is 3.40. The van der Waals surface area contributed by atoms with Crippen molar-refractivity contribution in [1.29, 1.82) is 0 Å². The first-order valence-corrected chi connectivity index (χ1v) is 9.26. The molecule has 2 rings (SSSR count). The lowest BCUT2D eigenvalue weighted by Gasteiger charge is -2.26. The fraction of sp³-hybridized carbons (Fsp3) is 0.300. The van der Waals surface area contributed by atoms with E-state index in [1.807, 2.05) is 54.6 Å². The van der Waals surface area contributed by atoms with Crippen LogP contribution in [0.25, 0.3) is 0 Å². The number of hydrogen-bond donors (Lipinski definition) is 1. The molecule has 0 saturated heterocycles. The van der Waals surface area contributed by atoms with Gasteiger partial charge in [-0.3, -0.25) is 9.59 Å². The van der Waals surface area contributed by atoms with Crippen molar-refractivity contribution in [3.8, 4) is 0 Å². The minimum absolute atomic E-state index is 0.189. The molecule has 0 aliphatic heterocycles. The number of rotatable bonds is 8. The zero-order valence-corrected chi connectivity index (χ0v) is 16.4. The van der Waals surface area contributed by atoms with Crippen LogP contribution in [0.5, 0.6) is 0 Å². The van der Waals surface area contributed by atoms with Gasteiger partial charge in [0, 0.05) is 10.2 Å². The third-order valence-electron chi connectivity index (χ3n) is 3.74. The highest BCUT2D eigenvalue weighted by Gasteiger charge is 2.38. The predicted octanol–water partition coefficient (Wildman–Crippen LogP) is 4.34. The highest BCUT2D eigenvalue weighted by atomic mass is 79.9. The molecule has 0 aliphatic carbocycles. The molecular weight excluding hydrogens is 398 g/mol. The van der Waals surface area contributed by atoms with Gasteiger partial charge in [0.15, 0.2) is 5.92 Å². The van der Waals surface area contributed by atoms with Gasteiger partial charge in [-0.15, -0.1) is 0 Å². The van der Waals surface area contributed by atoms with Crippen LogP contribution in [0.1, 0.15) is 25.5 Å². The summed E-state index contributed by atoms with van der Waals surface area (Å²) in [6, 6.07) is 16.2. The molecule has 0 bridgehead atoms. The summed E-state index contributed by atoms with van der Waals surface area (Å²) in [6.07, 6.45) is 0. The van der Waals surface area contributed by atoms with Crippen LogP contribution in [0.15, 0.2) is 59.1 Å². The summed E-state index contributed by atoms with van der Waals surface area (Å²) in [5.41, 5.74) is 1.57. The van der Waals surface area contributed by atoms with Gasteiger partial charge >= 0.3 is 11.9 Å². The molecule has 5 nitrogen and oxygen atoms in total. The van der Waals surface area contributed by atoms with E-state index in [-0.39, 0.29) is 13.2 Å². The Morgan fingerprint density at radius 3 is 1.96 bits per heavy atom. The third-order valence-corrected chi connectivity index (χ3v) is 4.27. The van der Waals surface area contributed by atoms with Crippen molar-refractivity contribution in [2.75, 3.05) is 18.5 Å². The van der Waals surface area contributed by atoms with Gasteiger partial charge in [0.25, 0.3) is 0 Å². The molecule has 0 saturated carbocycles. The Morgan fingerprint density at radius 1 is 0.923 bits per heavy atom. The zero-order valence-electron chi connectivity index (χ0n) is 14.8. The number of benzene rings is 2. The van der Waals surface area contributed by atoms with Gasteiger partial charge in [-0.05, 0) is 43.7 Å². The standard InChI is InChI=1S/C20H22BrNO4/c1-3-25-19(23)17(20(24)26-4-2)18(14-8-6-5-7-9-14)22-16-12-10-15(21)11-13-16/h5-13,17-18,22H,3-4H2,1-2H3/t18-/m0/s1. The van der Waals surface area contributed by atoms with Gasteiger partial charge in [0.1, 0.15) is 0 Å². The van der Waals surface area contributed by atoms with Gasteiger partial charge in [-0.2, -0.15) is 0 Å². The van der Waals surface area contributed by atoms with Gasteiger partial charge in [-0.1, -0.05) is 46.3 Å². The van der Waals surface area contributed by atoms with Crippen LogP contribution >= 0.6 is 15.9 Å². The number of esters is 2. The largest absolute Gasteiger partial charge is 0.465 e. The zero-order chi connectivity index (χ0) is 18.9. The lowest BCUT2D eigenvalue weighted by Crippen LogP contribution is -2.36. The maximum atomic E-state index is 12.5. The number of anilines is 1. The Bertz CT molecular complexity index is 700. The summed E-state index contributed by atoms with van der Waals surface area (Å²) in [4.78, 5) is 25.1. The highest BCUT2D eigenvalue weighted by molar-refractivity contribution is 9.10. The summed E-state index contributed by atoms with van der Waals surface area (Å²) in [7, 11) is 0. The van der Waals surface area contributed by atoms with Gasteiger partial charge in [-0.25, -0.2) is 0 Å². The van der Waals surface area contributed by atoms with E-state index in [4.69, 9.17) is 9.47 Å². The molecule has 0 unspecified atom stereocenters. The second-order valence-electron chi connectivity index (χ2n) is 5.52. The van der Waals surface area contributed by atoms with Crippen LogP contribution in [0.3, 0.4) is 0 Å². The molecule has 138 valence electrons. The Labute approximate surface area is 161 Å². The Kier molecular flexibility index (Phi) is 7.66. The van der Waals surface area contributed by atoms with Crippen molar-refractivity contribution in [2.45, 2.75) is 19.9 Å². The first kappa shape index (κ1) is 20.0. The molecule has 2 aromatic rings. The Balaban J connectivity index is 2.42. The topological polar surface area (TPSA) is 64.6 Å². The first-order valence-electron chi connectivity index (χ1n) is 8.47. The SMILES string of the molecule is CCOC(=O)C(C(=O)OCC)[C@@H](Nc1ccc(Br)cc1)c1ccccc1. The maximum Gasteiger partial charge on any atom is 0.322 e. The smallest absolute Gasteiger partial charge is 0.322 e. The van der Waals surface area contributed by atoms with Crippen LogP contribution < -0.4 is 5.32 Å². The molecule has 0 aliphatic rings. The minimum Gasteiger partial charge on any atom is -0.465 e. The Morgan fingerprint density at radius 2 is 1.46 bits per heavy atom. The summed E-state index contributed by atoms with van der Waals surface area (Å²) in [5.74, 6) is -2.32. The number of hydrogen-bond acceptors (Lipinski definition) is 5. The van der Waals surface area contributed by atoms with Crippen LogP contribution in [0.4, 0.5) is 5.69 Å².